The average Bonchev–Trinajstić information content (AvgIpc) is 2.73. The lowest BCUT2D eigenvalue weighted by Gasteiger charge is -2.04. The third-order valence-corrected chi connectivity index (χ3v) is 2.54. The zero-order valence-electron chi connectivity index (χ0n) is 10.8. The minimum Gasteiger partial charge on any atom is -0.439 e. The first-order valence-corrected chi connectivity index (χ1v) is 6.00. The van der Waals surface area contributed by atoms with Crippen molar-refractivity contribution in [2.45, 2.75) is 33.4 Å². The van der Waals surface area contributed by atoms with E-state index in [-0.39, 0.29) is 5.82 Å². The Morgan fingerprint density at radius 2 is 2.11 bits per heavy atom. The minimum absolute atomic E-state index is 0.261. The summed E-state index contributed by atoms with van der Waals surface area (Å²) in [7, 11) is 0. The number of benzene rings is 1. The van der Waals surface area contributed by atoms with Crippen LogP contribution in [0.4, 0.5) is 4.39 Å². The van der Waals surface area contributed by atoms with Crippen molar-refractivity contribution in [2.75, 3.05) is 0 Å². The van der Waals surface area contributed by atoms with Gasteiger partial charge < -0.3 is 9.73 Å². The smallest absolute Gasteiger partial charge is 0.208 e. The predicted octanol–water partition coefficient (Wildman–Crippen LogP) is 3.29. The van der Waals surface area contributed by atoms with Gasteiger partial charge >= 0.3 is 0 Å². The van der Waals surface area contributed by atoms with Crippen molar-refractivity contribution in [2.24, 2.45) is 0 Å². The molecule has 0 aliphatic rings. The zero-order valence-corrected chi connectivity index (χ0v) is 10.8. The van der Waals surface area contributed by atoms with E-state index >= 15 is 0 Å². The Balaban J connectivity index is 2.18. The van der Waals surface area contributed by atoms with Gasteiger partial charge in [-0.2, -0.15) is 0 Å². The van der Waals surface area contributed by atoms with E-state index in [0.29, 0.717) is 24.2 Å². The van der Waals surface area contributed by atoms with Gasteiger partial charge in [-0.1, -0.05) is 13.8 Å². The molecule has 0 aliphatic heterocycles. The van der Waals surface area contributed by atoms with Crippen LogP contribution in [0.15, 0.2) is 28.8 Å². The Morgan fingerprint density at radius 3 is 2.78 bits per heavy atom. The van der Waals surface area contributed by atoms with Crippen LogP contribution in [0.2, 0.25) is 0 Å². The summed E-state index contributed by atoms with van der Waals surface area (Å²) in [6, 6.07) is 5.19. The van der Waals surface area contributed by atoms with Crippen molar-refractivity contribution < 1.29 is 8.81 Å². The maximum atomic E-state index is 13.3. The summed E-state index contributed by atoms with van der Waals surface area (Å²) in [6.45, 7) is 6.54. The van der Waals surface area contributed by atoms with E-state index in [1.54, 1.807) is 6.20 Å². The highest BCUT2D eigenvalue weighted by molar-refractivity contribution is 5.57. The van der Waals surface area contributed by atoms with Crippen molar-refractivity contribution >= 4 is 0 Å². The molecule has 0 aliphatic carbocycles. The van der Waals surface area contributed by atoms with E-state index in [1.807, 2.05) is 13.0 Å². The lowest BCUT2D eigenvalue weighted by atomic mass is 10.1. The van der Waals surface area contributed by atoms with Gasteiger partial charge in [-0.3, -0.25) is 0 Å². The molecule has 0 fully saturated rings. The van der Waals surface area contributed by atoms with Crippen molar-refractivity contribution in [3.8, 4) is 11.3 Å². The largest absolute Gasteiger partial charge is 0.439 e. The molecule has 3 nitrogen and oxygen atoms in total. The number of hydrogen-bond donors (Lipinski definition) is 1. The van der Waals surface area contributed by atoms with Crippen molar-refractivity contribution in [1.82, 2.24) is 10.3 Å². The summed E-state index contributed by atoms with van der Waals surface area (Å²) in [5.74, 6) is 0.946. The van der Waals surface area contributed by atoms with Gasteiger partial charge in [0.1, 0.15) is 5.82 Å². The number of rotatable bonds is 4. The molecular formula is C14H17FN2O. The fourth-order valence-corrected chi connectivity index (χ4v) is 1.70. The van der Waals surface area contributed by atoms with Gasteiger partial charge in [0.2, 0.25) is 5.89 Å². The number of aromatic nitrogens is 1. The van der Waals surface area contributed by atoms with Crippen LogP contribution >= 0.6 is 0 Å². The molecule has 4 heteroatoms. The Hall–Kier alpha value is -1.68. The first-order chi connectivity index (χ1) is 8.54. The normalized spacial score (nSPS) is 11.2. The number of halogens is 1. The minimum atomic E-state index is -0.261. The number of nitrogens with zero attached hydrogens (tertiary/aromatic N) is 1. The van der Waals surface area contributed by atoms with Gasteiger partial charge in [-0.15, -0.1) is 0 Å². The van der Waals surface area contributed by atoms with Gasteiger partial charge in [0.15, 0.2) is 5.76 Å². The monoisotopic (exact) mass is 248 g/mol. The number of hydrogen-bond acceptors (Lipinski definition) is 3. The third kappa shape index (κ3) is 3.17. The standard InChI is InChI=1S/C14H17FN2O/c1-9(2)16-8-14-17-7-13(18-14)11-4-10(3)5-12(15)6-11/h4-7,9,16H,8H2,1-3H3. The molecule has 0 unspecified atom stereocenters. The first-order valence-electron chi connectivity index (χ1n) is 6.00. The highest BCUT2D eigenvalue weighted by atomic mass is 19.1. The Labute approximate surface area is 106 Å². The van der Waals surface area contributed by atoms with E-state index in [0.717, 1.165) is 11.1 Å². The summed E-state index contributed by atoms with van der Waals surface area (Å²) in [6.07, 6.45) is 1.63. The fourth-order valence-electron chi connectivity index (χ4n) is 1.70. The summed E-state index contributed by atoms with van der Waals surface area (Å²) in [5.41, 5.74) is 1.58. The van der Waals surface area contributed by atoms with E-state index in [1.165, 1.54) is 12.1 Å². The van der Waals surface area contributed by atoms with Gasteiger partial charge in [0.25, 0.3) is 0 Å². The summed E-state index contributed by atoms with van der Waals surface area (Å²) >= 11 is 0. The van der Waals surface area contributed by atoms with Crippen molar-refractivity contribution in [1.29, 1.82) is 0 Å². The predicted molar refractivity (Wildman–Crippen MR) is 68.6 cm³/mol. The quantitative estimate of drug-likeness (QED) is 0.902. The lowest BCUT2D eigenvalue weighted by Crippen LogP contribution is -2.21. The highest BCUT2D eigenvalue weighted by Gasteiger charge is 2.08. The molecule has 0 amide bonds. The molecule has 1 aromatic carbocycles. The van der Waals surface area contributed by atoms with E-state index in [4.69, 9.17) is 4.42 Å². The average molecular weight is 248 g/mol. The number of oxazole rings is 1. The molecule has 0 saturated heterocycles. The first kappa shape index (κ1) is 12.8. The molecule has 18 heavy (non-hydrogen) atoms. The molecule has 2 rings (SSSR count). The molecule has 0 saturated carbocycles. The van der Waals surface area contributed by atoms with Crippen LogP contribution in [0.3, 0.4) is 0 Å². The van der Waals surface area contributed by atoms with Crippen molar-refractivity contribution in [3.63, 3.8) is 0 Å². The van der Waals surface area contributed by atoms with Crippen LogP contribution in [-0.2, 0) is 6.54 Å². The molecule has 0 bridgehead atoms. The second-order valence-corrected chi connectivity index (χ2v) is 4.67. The van der Waals surface area contributed by atoms with E-state index in [2.05, 4.69) is 24.1 Å². The molecule has 0 spiro atoms. The van der Waals surface area contributed by atoms with E-state index in [9.17, 15) is 4.39 Å². The molecule has 0 atom stereocenters. The van der Waals surface area contributed by atoms with E-state index < -0.39 is 0 Å². The van der Waals surface area contributed by atoms with Crippen LogP contribution in [0.5, 0.6) is 0 Å². The molecule has 1 heterocycles. The number of aryl methyl sites for hydroxylation is 1. The zero-order chi connectivity index (χ0) is 13.1. The van der Waals surface area contributed by atoms with Crippen LogP contribution < -0.4 is 5.32 Å². The van der Waals surface area contributed by atoms with Gasteiger partial charge in [0, 0.05) is 11.6 Å². The third-order valence-electron chi connectivity index (χ3n) is 2.54. The summed E-state index contributed by atoms with van der Waals surface area (Å²) in [4.78, 5) is 4.17. The maximum Gasteiger partial charge on any atom is 0.208 e. The van der Waals surface area contributed by atoms with Crippen LogP contribution in [-0.4, -0.2) is 11.0 Å². The lowest BCUT2D eigenvalue weighted by molar-refractivity contribution is 0.458. The topological polar surface area (TPSA) is 38.1 Å². The molecule has 1 N–H and O–H groups in total. The molecular weight excluding hydrogens is 231 g/mol. The van der Waals surface area contributed by atoms with Crippen LogP contribution in [0.25, 0.3) is 11.3 Å². The molecule has 96 valence electrons. The van der Waals surface area contributed by atoms with Crippen LogP contribution in [0.1, 0.15) is 25.3 Å². The maximum absolute atomic E-state index is 13.3. The summed E-state index contributed by atoms with van der Waals surface area (Å²) < 4.78 is 18.9. The van der Waals surface area contributed by atoms with Crippen LogP contribution in [0, 0.1) is 12.7 Å². The van der Waals surface area contributed by atoms with Crippen molar-refractivity contribution in [3.05, 3.63) is 41.7 Å². The Kier molecular flexibility index (Phi) is 3.77. The fraction of sp³-hybridized carbons (Fsp3) is 0.357. The second kappa shape index (κ2) is 5.31. The van der Waals surface area contributed by atoms with Gasteiger partial charge in [0.05, 0.1) is 12.7 Å². The molecule has 0 radical (unpaired) electrons. The molecule has 2 aromatic rings. The van der Waals surface area contributed by atoms with Gasteiger partial charge in [-0.25, -0.2) is 9.37 Å². The molecule has 1 aromatic heterocycles. The highest BCUT2D eigenvalue weighted by Crippen LogP contribution is 2.22. The Bertz CT molecular complexity index is 514. The Morgan fingerprint density at radius 1 is 1.33 bits per heavy atom. The summed E-state index contributed by atoms with van der Waals surface area (Å²) in [5, 5.41) is 3.22. The second-order valence-electron chi connectivity index (χ2n) is 4.67. The number of nitrogens with one attached hydrogen (secondary N) is 1. The SMILES string of the molecule is Cc1cc(F)cc(-c2cnc(CNC(C)C)o2)c1. The van der Waals surface area contributed by atoms with Gasteiger partial charge in [-0.05, 0) is 30.7 Å².